The van der Waals surface area contributed by atoms with Crippen molar-refractivity contribution in [3.63, 3.8) is 0 Å². The fraction of sp³-hybridized carbons (Fsp3) is 0.318. The number of hydrogen-bond acceptors (Lipinski definition) is 5. The van der Waals surface area contributed by atoms with Crippen molar-refractivity contribution in [1.82, 2.24) is 4.40 Å². The lowest BCUT2D eigenvalue weighted by Gasteiger charge is -2.08. The van der Waals surface area contributed by atoms with Gasteiger partial charge in [0.05, 0.1) is 26.5 Å². The van der Waals surface area contributed by atoms with Gasteiger partial charge in [-0.3, -0.25) is 0 Å². The number of aryl methyl sites for hydroxylation is 1. The van der Waals surface area contributed by atoms with Gasteiger partial charge < -0.3 is 14.3 Å². The monoisotopic (exact) mass is 394 g/mol. The van der Waals surface area contributed by atoms with Crippen molar-refractivity contribution >= 4 is 11.9 Å². The lowest BCUT2D eigenvalue weighted by Crippen LogP contribution is -2.40. The van der Waals surface area contributed by atoms with Gasteiger partial charge in [0.15, 0.2) is 0 Å². The number of rotatable bonds is 7. The first-order valence-electron chi connectivity index (χ1n) is 9.74. The molecule has 1 aliphatic rings. The van der Waals surface area contributed by atoms with E-state index in [4.69, 9.17) is 14.3 Å². The van der Waals surface area contributed by atoms with Gasteiger partial charge in [0, 0.05) is 25.1 Å². The molecular weight excluding hydrogens is 370 g/mol. The molecule has 1 aromatic carbocycles. The van der Waals surface area contributed by atoms with Gasteiger partial charge in [0.25, 0.3) is 5.65 Å². The standard InChI is InChI=1S/C22H24N3O4/c1-27-18-8-4-7-17(15-18)19-16-24(20-9-2-3-13-25(20)22(19)26)12-6-11-23-29-21-10-5-14-28-21/h2-4,7-9,11,13,15-16,21H,5-6,10,12,14H2,1H3/q+1. The van der Waals surface area contributed by atoms with Crippen LogP contribution in [0.4, 0.5) is 0 Å². The molecule has 3 heterocycles. The predicted molar refractivity (Wildman–Crippen MR) is 109 cm³/mol. The van der Waals surface area contributed by atoms with Crippen molar-refractivity contribution in [2.45, 2.75) is 32.1 Å². The topological polar surface area (TPSA) is 65.4 Å². The minimum atomic E-state index is -0.227. The summed E-state index contributed by atoms with van der Waals surface area (Å²) in [6.07, 6.45) is 7.74. The summed E-state index contributed by atoms with van der Waals surface area (Å²) in [7, 11) is 1.62. The number of benzene rings is 1. The third kappa shape index (κ3) is 4.30. The fourth-order valence-electron chi connectivity index (χ4n) is 3.41. The van der Waals surface area contributed by atoms with Crippen molar-refractivity contribution in [2.75, 3.05) is 13.7 Å². The highest BCUT2D eigenvalue weighted by Gasteiger charge is 2.18. The molecule has 3 aromatic rings. The Morgan fingerprint density at radius 1 is 1.31 bits per heavy atom. The van der Waals surface area contributed by atoms with Crippen LogP contribution in [0.3, 0.4) is 0 Å². The number of aromatic nitrogens is 2. The second-order valence-electron chi connectivity index (χ2n) is 6.83. The van der Waals surface area contributed by atoms with Gasteiger partial charge in [-0.1, -0.05) is 23.4 Å². The molecule has 0 aliphatic carbocycles. The highest BCUT2D eigenvalue weighted by atomic mass is 16.8. The Balaban J connectivity index is 1.61. The first kappa shape index (κ1) is 19.1. The van der Waals surface area contributed by atoms with Crippen molar-refractivity contribution < 1.29 is 18.9 Å². The lowest BCUT2D eigenvalue weighted by molar-refractivity contribution is -0.672. The van der Waals surface area contributed by atoms with E-state index in [2.05, 4.69) is 5.16 Å². The van der Waals surface area contributed by atoms with Gasteiger partial charge in [-0.2, -0.15) is 4.40 Å². The van der Waals surface area contributed by atoms with E-state index >= 15 is 0 Å². The number of oxime groups is 1. The van der Waals surface area contributed by atoms with E-state index in [0.29, 0.717) is 24.3 Å². The molecule has 0 bridgehead atoms. The van der Waals surface area contributed by atoms with Crippen LogP contribution >= 0.6 is 0 Å². The Morgan fingerprint density at radius 2 is 2.24 bits per heavy atom. The van der Waals surface area contributed by atoms with Crippen molar-refractivity contribution in [2.24, 2.45) is 5.16 Å². The minimum absolute atomic E-state index is 0.0690. The number of nitrogens with zero attached hydrogens (tertiary/aromatic N) is 3. The molecular formula is C22H24N3O4+. The summed E-state index contributed by atoms with van der Waals surface area (Å²) in [6, 6.07) is 13.2. The summed E-state index contributed by atoms with van der Waals surface area (Å²) in [6.45, 7) is 1.39. The third-order valence-corrected chi connectivity index (χ3v) is 4.89. The molecule has 1 atom stereocenters. The normalized spacial score (nSPS) is 16.5. The lowest BCUT2D eigenvalue weighted by atomic mass is 10.1. The first-order valence-corrected chi connectivity index (χ1v) is 9.74. The van der Waals surface area contributed by atoms with E-state index in [1.165, 1.54) is 0 Å². The van der Waals surface area contributed by atoms with Crippen LogP contribution in [0.5, 0.6) is 5.75 Å². The zero-order valence-corrected chi connectivity index (χ0v) is 16.4. The van der Waals surface area contributed by atoms with Crippen LogP contribution in [0.15, 0.2) is 64.8 Å². The molecule has 0 amide bonds. The van der Waals surface area contributed by atoms with E-state index in [0.717, 1.165) is 30.7 Å². The maximum Gasteiger partial charge on any atom is 0.350 e. The molecule has 1 unspecified atom stereocenters. The highest BCUT2D eigenvalue weighted by Crippen LogP contribution is 2.20. The van der Waals surface area contributed by atoms with E-state index in [9.17, 15) is 4.79 Å². The van der Waals surface area contributed by atoms with Crippen LogP contribution in [-0.4, -0.2) is 30.6 Å². The van der Waals surface area contributed by atoms with Gasteiger partial charge in [0.2, 0.25) is 6.29 Å². The second kappa shape index (κ2) is 8.87. The van der Waals surface area contributed by atoms with Gasteiger partial charge >= 0.3 is 5.56 Å². The van der Waals surface area contributed by atoms with Gasteiger partial charge in [-0.15, -0.1) is 0 Å². The largest absolute Gasteiger partial charge is 0.497 e. The molecule has 7 nitrogen and oxygen atoms in total. The maximum absolute atomic E-state index is 13.1. The Bertz CT molecular complexity index is 1070. The van der Waals surface area contributed by atoms with E-state index in [1.807, 2.05) is 53.2 Å². The maximum atomic E-state index is 13.1. The molecule has 150 valence electrons. The molecule has 4 rings (SSSR count). The molecule has 0 N–H and O–H groups in total. The summed E-state index contributed by atoms with van der Waals surface area (Å²) in [4.78, 5) is 18.4. The van der Waals surface area contributed by atoms with Crippen LogP contribution in [0.1, 0.15) is 19.3 Å². The molecule has 0 spiro atoms. The Morgan fingerprint density at radius 3 is 3.07 bits per heavy atom. The number of pyridine rings is 1. The van der Waals surface area contributed by atoms with Gasteiger partial charge in [-0.05, 0) is 30.2 Å². The Hall–Kier alpha value is -3.19. The molecule has 1 saturated heterocycles. The number of ether oxygens (including phenoxy) is 2. The van der Waals surface area contributed by atoms with Crippen molar-refractivity contribution in [3.8, 4) is 16.9 Å². The van der Waals surface area contributed by atoms with Gasteiger partial charge in [-0.25, -0.2) is 9.36 Å². The molecule has 0 saturated carbocycles. The van der Waals surface area contributed by atoms with E-state index < -0.39 is 0 Å². The first-order chi connectivity index (χ1) is 14.3. The molecule has 29 heavy (non-hydrogen) atoms. The number of methoxy groups -OCH3 is 1. The highest BCUT2D eigenvalue weighted by molar-refractivity contribution is 5.63. The third-order valence-electron chi connectivity index (χ3n) is 4.89. The smallest absolute Gasteiger partial charge is 0.350 e. The molecule has 7 heteroatoms. The molecule has 1 aliphatic heterocycles. The summed E-state index contributed by atoms with van der Waals surface area (Å²) in [5.74, 6) is 0.713. The van der Waals surface area contributed by atoms with Crippen LogP contribution in [0.25, 0.3) is 16.8 Å². The van der Waals surface area contributed by atoms with Gasteiger partial charge in [0.1, 0.15) is 17.5 Å². The van der Waals surface area contributed by atoms with Crippen LogP contribution in [-0.2, 0) is 16.1 Å². The number of fused-ring (bicyclic) bond motifs is 1. The fourth-order valence-corrected chi connectivity index (χ4v) is 3.41. The summed E-state index contributed by atoms with van der Waals surface area (Å²) in [5, 5.41) is 4.02. The predicted octanol–water partition coefficient (Wildman–Crippen LogP) is 2.79. The minimum Gasteiger partial charge on any atom is -0.497 e. The Kier molecular flexibility index (Phi) is 5.86. The molecule has 0 radical (unpaired) electrons. The molecule has 2 aromatic heterocycles. The zero-order chi connectivity index (χ0) is 20.1. The van der Waals surface area contributed by atoms with E-state index in [-0.39, 0.29) is 11.8 Å². The van der Waals surface area contributed by atoms with E-state index in [1.54, 1.807) is 23.9 Å². The summed E-state index contributed by atoms with van der Waals surface area (Å²) >= 11 is 0. The average molecular weight is 394 g/mol. The zero-order valence-electron chi connectivity index (χ0n) is 16.4. The van der Waals surface area contributed by atoms with Crippen molar-refractivity contribution in [3.05, 3.63) is 65.2 Å². The molecule has 1 fully saturated rings. The Labute approximate surface area is 168 Å². The quantitative estimate of drug-likeness (QED) is 0.351. The van der Waals surface area contributed by atoms with Crippen molar-refractivity contribution in [1.29, 1.82) is 0 Å². The van der Waals surface area contributed by atoms with Crippen LogP contribution in [0, 0.1) is 0 Å². The average Bonchev–Trinajstić information content (AvgIpc) is 3.28. The number of hydrogen-bond donors (Lipinski definition) is 0. The second-order valence-corrected chi connectivity index (χ2v) is 6.83. The summed E-state index contributed by atoms with van der Waals surface area (Å²) < 4.78 is 14.4. The summed E-state index contributed by atoms with van der Waals surface area (Å²) in [5.41, 5.74) is 2.18. The van der Waals surface area contributed by atoms with Crippen LogP contribution in [0.2, 0.25) is 0 Å². The van der Waals surface area contributed by atoms with Crippen LogP contribution < -0.4 is 14.9 Å². The SMILES string of the molecule is COc1cccc(-c2c[n+](CCC=NOC3CCCO3)c3ccccn3c2=O)c1.